The Morgan fingerprint density at radius 3 is 2.95 bits per heavy atom. The van der Waals surface area contributed by atoms with Gasteiger partial charge in [0.1, 0.15) is 0 Å². The van der Waals surface area contributed by atoms with E-state index in [9.17, 15) is 14.9 Å². The lowest BCUT2D eigenvalue weighted by atomic mass is 10.1. The quantitative estimate of drug-likeness (QED) is 0.454. The fourth-order valence-electron chi connectivity index (χ4n) is 2.67. The Balaban J connectivity index is 1.83. The second-order valence-electron chi connectivity index (χ2n) is 5.33. The fourth-order valence-corrected chi connectivity index (χ4v) is 2.67. The third-order valence-corrected chi connectivity index (χ3v) is 3.84. The van der Waals surface area contributed by atoms with Gasteiger partial charge in [-0.25, -0.2) is 0 Å². The topological polar surface area (TPSA) is 108 Å². The van der Waals surface area contributed by atoms with Crippen molar-refractivity contribution in [2.45, 2.75) is 12.5 Å². The molecule has 1 amide bonds. The maximum atomic E-state index is 12.4. The number of hydrogen-bond donors (Lipinski definition) is 3. The zero-order chi connectivity index (χ0) is 15.7. The first-order chi connectivity index (χ1) is 10.6. The van der Waals surface area contributed by atoms with E-state index in [2.05, 4.69) is 10.3 Å². The Morgan fingerprint density at radius 2 is 2.27 bits per heavy atom. The Kier molecular flexibility index (Phi) is 3.64. The molecule has 3 rings (SSSR count). The number of aromatic amines is 1. The lowest BCUT2D eigenvalue weighted by molar-refractivity contribution is -0.384. The molecule has 2 atom stereocenters. The Labute approximate surface area is 125 Å². The minimum atomic E-state index is -0.486. The van der Waals surface area contributed by atoms with Crippen molar-refractivity contribution in [2.24, 2.45) is 5.92 Å². The Bertz CT molecular complexity index is 765. The third kappa shape index (κ3) is 2.58. The number of benzene rings is 1. The summed E-state index contributed by atoms with van der Waals surface area (Å²) in [6, 6.07) is 4.24. The molecule has 3 N–H and O–H groups in total. The number of rotatable bonds is 4. The second kappa shape index (κ2) is 5.61. The molecule has 0 bridgehead atoms. The van der Waals surface area contributed by atoms with Gasteiger partial charge in [-0.1, -0.05) is 12.2 Å². The van der Waals surface area contributed by atoms with Gasteiger partial charge in [-0.05, 0) is 12.5 Å². The Morgan fingerprint density at radius 1 is 1.45 bits per heavy atom. The number of nitro benzene ring substituents is 1. The van der Waals surface area contributed by atoms with Crippen molar-refractivity contribution < 1.29 is 14.8 Å². The van der Waals surface area contributed by atoms with Gasteiger partial charge < -0.3 is 15.4 Å². The molecule has 0 radical (unpaired) electrons. The molecule has 22 heavy (non-hydrogen) atoms. The van der Waals surface area contributed by atoms with Gasteiger partial charge in [-0.15, -0.1) is 0 Å². The van der Waals surface area contributed by atoms with Crippen LogP contribution in [-0.4, -0.2) is 33.6 Å². The van der Waals surface area contributed by atoms with Crippen LogP contribution in [0.15, 0.2) is 36.5 Å². The highest BCUT2D eigenvalue weighted by Gasteiger charge is 2.22. The summed E-state index contributed by atoms with van der Waals surface area (Å²) in [6.45, 7) is 0.0577. The molecule has 0 fully saturated rings. The standard InChI is InChI=1S/C15H15N3O4/c19-8-9-1-2-10(5-9)17-15(20)13-7-16-14-4-3-11(18(21)22)6-12(13)14/h1-4,6-7,9-10,16,19H,5,8H2,(H,17,20)/t9-,10+/m0/s1. The van der Waals surface area contributed by atoms with Crippen LogP contribution in [0.4, 0.5) is 5.69 Å². The van der Waals surface area contributed by atoms with E-state index in [4.69, 9.17) is 5.11 Å². The summed E-state index contributed by atoms with van der Waals surface area (Å²) in [6.07, 6.45) is 5.94. The predicted molar refractivity (Wildman–Crippen MR) is 80.5 cm³/mol. The molecule has 0 spiro atoms. The van der Waals surface area contributed by atoms with E-state index in [0.29, 0.717) is 22.9 Å². The normalized spacial score (nSPS) is 20.4. The zero-order valence-electron chi connectivity index (χ0n) is 11.7. The molecule has 0 saturated carbocycles. The lowest BCUT2D eigenvalue weighted by Crippen LogP contribution is -2.32. The molecule has 0 unspecified atom stereocenters. The van der Waals surface area contributed by atoms with Crippen LogP contribution in [0, 0.1) is 16.0 Å². The second-order valence-corrected chi connectivity index (χ2v) is 5.33. The highest BCUT2D eigenvalue weighted by molar-refractivity contribution is 6.07. The first-order valence-corrected chi connectivity index (χ1v) is 6.94. The lowest BCUT2D eigenvalue weighted by Gasteiger charge is -2.12. The summed E-state index contributed by atoms with van der Waals surface area (Å²) < 4.78 is 0. The first-order valence-electron chi connectivity index (χ1n) is 6.94. The SMILES string of the molecule is O=C(N[C@@H]1C=C[C@H](CO)C1)c1c[nH]c2ccc([N+](=O)[O-])cc12. The molecule has 2 aromatic rings. The van der Waals surface area contributed by atoms with Crippen molar-refractivity contribution in [1.82, 2.24) is 10.3 Å². The van der Waals surface area contributed by atoms with Crippen molar-refractivity contribution >= 4 is 22.5 Å². The minimum absolute atomic E-state index is 0.0535. The number of nitrogens with zero attached hydrogens (tertiary/aromatic N) is 1. The molecular weight excluding hydrogens is 286 g/mol. The van der Waals surface area contributed by atoms with Gasteiger partial charge in [0.2, 0.25) is 0 Å². The molecule has 7 heteroatoms. The van der Waals surface area contributed by atoms with Gasteiger partial charge in [0, 0.05) is 47.8 Å². The minimum Gasteiger partial charge on any atom is -0.396 e. The number of nitrogens with one attached hydrogen (secondary N) is 2. The van der Waals surface area contributed by atoms with Crippen LogP contribution in [0.25, 0.3) is 10.9 Å². The summed E-state index contributed by atoms with van der Waals surface area (Å²) in [4.78, 5) is 25.7. The molecule has 0 saturated heterocycles. The fraction of sp³-hybridized carbons (Fsp3) is 0.267. The molecule has 1 aromatic heterocycles. The maximum Gasteiger partial charge on any atom is 0.270 e. The van der Waals surface area contributed by atoms with E-state index in [0.717, 1.165) is 0 Å². The third-order valence-electron chi connectivity index (χ3n) is 3.84. The number of amides is 1. The van der Waals surface area contributed by atoms with Crippen molar-refractivity contribution in [1.29, 1.82) is 0 Å². The van der Waals surface area contributed by atoms with Gasteiger partial charge in [0.05, 0.1) is 10.5 Å². The number of aliphatic hydroxyl groups excluding tert-OH is 1. The van der Waals surface area contributed by atoms with Gasteiger partial charge in [0.15, 0.2) is 0 Å². The van der Waals surface area contributed by atoms with Crippen LogP contribution in [-0.2, 0) is 0 Å². The smallest absolute Gasteiger partial charge is 0.270 e. The largest absolute Gasteiger partial charge is 0.396 e. The summed E-state index contributed by atoms with van der Waals surface area (Å²) in [7, 11) is 0. The number of fused-ring (bicyclic) bond motifs is 1. The Hall–Kier alpha value is -2.67. The number of carbonyl (C=O) groups excluding carboxylic acids is 1. The summed E-state index contributed by atoms with van der Waals surface area (Å²) >= 11 is 0. The van der Waals surface area contributed by atoms with Gasteiger partial charge in [-0.3, -0.25) is 14.9 Å². The molecule has 1 heterocycles. The van der Waals surface area contributed by atoms with E-state index in [1.807, 2.05) is 12.2 Å². The molecule has 0 aliphatic heterocycles. The van der Waals surface area contributed by atoms with E-state index in [-0.39, 0.29) is 30.2 Å². The number of aromatic nitrogens is 1. The zero-order valence-corrected chi connectivity index (χ0v) is 11.7. The predicted octanol–water partition coefficient (Wildman–Crippen LogP) is 1.74. The highest BCUT2D eigenvalue weighted by Crippen LogP contribution is 2.24. The van der Waals surface area contributed by atoms with Crippen LogP contribution in [0.3, 0.4) is 0 Å². The molecular formula is C15H15N3O4. The van der Waals surface area contributed by atoms with Crippen LogP contribution in [0.2, 0.25) is 0 Å². The summed E-state index contributed by atoms with van der Waals surface area (Å²) in [5, 5.41) is 23.3. The van der Waals surface area contributed by atoms with E-state index < -0.39 is 4.92 Å². The van der Waals surface area contributed by atoms with Crippen LogP contribution < -0.4 is 5.32 Å². The number of nitro groups is 1. The average Bonchev–Trinajstić information content (AvgIpc) is 3.12. The number of carbonyl (C=O) groups is 1. The van der Waals surface area contributed by atoms with Crippen molar-refractivity contribution in [3.8, 4) is 0 Å². The summed E-state index contributed by atoms with van der Waals surface area (Å²) in [5.74, 6) is -0.227. The molecule has 7 nitrogen and oxygen atoms in total. The average molecular weight is 301 g/mol. The number of aliphatic hydroxyl groups is 1. The molecule has 1 aliphatic carbocycles. The monoisotopic (exact) mass is 301 g/mol. The maximum absolute atomic E-state index is 12.4. The number of non-ortho nitro benzene ring substituents is 1. The molecule has 114 valence electrons. The van der Waals surface area contributed by atoms with Crippen molar-refractivity contribution in [3.63, 3.8) is 0 Å². The van der Waals surface area contributed by atoms with Crippen LogP contribution in [0.1, 0.15) is 16.8 Å². The molecule has 1 aromatic carbocycles. The van der Waals surface area contributed by atoms with Gasteiger partial charge in [-0.2, -0.15) is 0 Å². The highest BCUT2D eigenvalue weighted by atomic mass is 16.6. The van der Waals surface area contributed by atoms with Crippen molar-refractivity contribution in [3.05, 3.63) is 52.2 Å². The summed E-state index contributed by atoms with van der Waals surface area (Å²) in [5.41, 5.74) is 0.993. The van der Waals surface area contributed by atoms with Crippen LogP contribution in [0.5, 0.6) is 0 Å². The molecule has 1 aliphatic rings. The van der Waals surface area contributed by atoms with Crippen molar-refractivity contribution in [2.75, 3.05) is 6.61 Å². The van der Waals surface area contributed by atoms with E-state index in [1.165, 1.54) is 12.1 Å². The van der Waals surface area contributed by atoms with E-state index >= 15 is 0 Å². The van der Waals surface area contributed by atoms with Crippen LogP contribution >= 0.6 is 0 Å². The van der Waals surface area contributed by atoms with E-state index in [1.54, 1.807) is 12.3 Å². The first kappa shape index (κ1) is 14.3. The number of hydrogen-bond acceptors (Lipinski definition) is 4. The van der Waals surface area contributed by atoms with Gasteiger partial charge in [0.25, 0.3) is 11.6 Å². The number of H-pyrrole nitrogens is 1. The van der Waals surface area contributed by atoms with Gasteiger partial charge >= 0.3 is 0 Å².